The van der Waals surface area contributed by atoms with Gasteiger partial charge in [-0.25, -0.2) is 8.42 Å². The molecule has 5 nitrogen and oxygen atoms in total. The van der Waals surface area contributed by atoms with Gasteiger partial charge in [-0.2, -0.15) is 8.42 Å². The Hall–Kier alpha value is -2.48. The Labute approximate surface area is 184 Å². The van der Waals surface area contributed by atoms with Crippen LogP contribution in [0.1, 0.15) is 24.0 Å². The fraction of sp³-hybridized carbons (Fsp3) is 0.250. The average Bonchev–Trinajstić information content (AvgIpc) is 2.77. The van der Waals surface area contributed by atoms with Gasteiger partial charge in [0.25, 0.3) is 10.1 Å². The molecule has 0 unspecified atom stereocenters. The molecule has 3 aromatic carbocycles. The number of hydrogen-bond acceptors (Lipinski definition) is 5. The van der Waals surface area contributed by atoms with E-state index >= 15 is 0 Å². The van der Waals surface area contributed by atoms with E-state index in [2.05, 4.69) is 0 Å². The lowest BCUT2D eigenvalue weighted by Crippen LogP contribution is -2.23. The second-order valence-corrected chi connectivity index (χ2v) is 11.1. The Morgan fingerprint density at radius 1 is 0.710 bits per heavy atom. The lowest BCUT2D eigenvalue weighted by atomic mass is 10.1. The first-order valence-electron chi connectivity index (χ1n) is 10.1. The van der Waals surface area contributed by atoms with E-state index in [1.54, 1.807) is 30.3 Å². The molecule has 1 atom stereocenters. The Morgan fingerprint density at radius 2 is 1.29 bits per heavy atom. The highest BCUT2D eigenvalue weighted by Gasteiger charge is 2.24. The summed E-state index contributed by atoms with van der Waals surface area (Å²) in [4.78, 5) is 0.284. The first-order valence-corrected chi connectivity index (χ1v) is 13.1. The van der Waals surface area contributed by atoms with Gasteiger partial charge < -0.3 is 0 Å². The van der Waals surface area contributed by atoms with Crippen LogP contribution in [-0.2, 0) is 30.6 Å². The molecule has 0 saturated carbocycles. The third-order valence-electron chi connectivity index (χ3n) is 4.98. The highest BCUT2D eigenvalue weighted by molar-refractivity contribution is 7.91. The summed E-state index contributed by atoms with van der Waals surface area (Å²) in [5.41, 5.74) is 1.98. The molecule has 3 aromatic rings. The Balaban J connectivity index is 1.76. The van der Waals surface area contributed by atoms with E-state index < -0.39 is 26.1 Å². The van der Waals surface area contributed by atoms with Crippen molar-refractivity contribution in [3.05, 3.63) is 96.1 Å². The van der Waals surface area contributed by atoms with Gasteiger partial charge in [0, 0.05) is 0 Å². The molecule has 0 aliphatic carbocycles. The molecule has 0 bridgehead atoms. The number of rotatable bonds is 10. The van der Waals surface area contributed by atoms with E-state index in [1.165, 1.54) is 24.3 Å². The van der Waals surface area contributed by atoms with Gasteiger partial charge >= 0.3 is 0 Å². The first-order chi connectivity index (χ1) is 14.8. The molecular weight excluding hydrogens is 432 g/mol. The molecule has 0 aliphatic heterocycles. The van der Waals surface area contributed by atoms with Crippen molar-refractivity contribution in [2.45, 2.75) is 42.1 Å². The Morgan fingerprint density at radius 3 is 1.90 bits per heavy atom. The van der Waals surface area contributed by atoms with Crippen molar-refractivity contribution in [2.24, 2.45) is 0 Å². The van der Waals surface area contributed by atoms with Crippen LogP contribution in [0.4, 0.5) is 0 Å². The fourth-order valence-corrected chi connectivity index (χ4v) is 5.70. The molecule has 7 heteroatoms. The minimum Gasteiger partial charge on any atom is -0.263 e. The summed E-state index contributed by atoms with van der Waals surface area (Å²) in [6.07, 6.45) is 0.291. The molecule has 0 radical (unpaired) electrons. The lowest BCUT2D eigenvalue weighted by Gasteiger charge is -2.18. The third kappa shape index (κ3) is 6.75. The predicted octanol–water partition coefficient (Wildman–Crippen LogP) is 4.57. The standard InChI is InChI=1S/C24H26O5S2/c1-20-12-16-24(17-13-20)31(27,28)29-22(15-14-21-8-4-2-5-9-21)18-19-30(25,26)23-10-6-3-7-11-23/h2-13,16-17,22H,14-15,18-19H2,1H3/t22-/m0/s1. The van der Waals surface area contributed by atoms with E-state index in [0.29, 0.717) is 12.8 Å². The molecule has 0 fully saturated rings. The van der Waals surface area contributed by atoms with Crippen LogP contribution in [0.5, 0.6) is 0 Å². The monoisotopic (exact) mass is 458 g/mol. The van der Waals surface area contributed by atoms with Gasteiger partial charge in [-0.1, -0.05) is 66.2 Å². The van der Waals surface area contributed by atoms with Crippen LogP contribution >= 0.6 is 0 Å². The molecule has 31 heavy (non-hydrogen) atoms. The molecule has 0 aliphatic rings. The lowest BCUT2D eigenvalue weighted by molar-refractivity contribution is 0.195. The topological polar surface area (TPSA) is 77.5 Å². The summed E-state index contributed by atoms with van der Waals surface area (Å²) in [7, 11) is -7.55. The summed E-state index contributed by atoms with van der Waals surface area (Å²) in [5, 5.41) is 0. The molecule has 0 saturated heterocycles. The zero-order valence-corrected chi connectivity index (χ0v) is 19.0. The summed E-state index contributed by atoms with van der Waals surface area (Å²) in [6.45, 7) is 1.87. The van der Waals surface area contributed by atoms with Crippen molar-refractivity contribution in [3.8, 4) is 0 Å². The van der Waals surface area contributed by atoms with Gasteiger partial charge in [0.1, 0.15) is 0 Å². The van der Waals surface area contributed by atoms with Gasteiger partial charge in [0.05, 0.1) is 21.6 Å². The van der Waals surface area contributed by atoms with Crippen LogP contribution in [-0.4, -0.2) is 28.7 Å². The van der Waals surface area contributed by atoms with Crippen LogP contribution in [0.3, 0.4) is 0 Å². The Bertz CT molecular complexity index is 1170. The van der Waals surface area contributed by atoms with Crippen LogP contribution < -0.4 is 0 Å². The molecule has 0 heterocycles. The van der Waals surface area contributed by atoms with Crippen LogP contribution in [0.15, 0.2) is 94.7 Å². The van der Waals surface area contributed by atoms with Crippen molar-refractivity contribution < 1.29 is 21.0 Å². The largest absolute Gasteiger partial charge is 0.297 e. The summed E-state index contributed by atoms with van der Waals surface area (Å²) < 4.78 is 56.5. The SMILES string of the molecule is Cc1ccc(S(=O)(=O)O[C@@H](CCc2ccccc2)CCS(=O)(=O)c2ccccc2)cc1. The van der Waals surface area contributed by atoms with Gasteiger partial charge in [-0.15, -0.1) is 0 Å². The van der Waals surface area contributed by atoms with Gasteiger partial charge in [-0.3, -0.25) is 4.18 Å². The maximum Gasteiger partial charge on any atom is 0.297 e. The number of aryl methyl sites for hydroxylation is 2. The minimum absolute atomic E-state index is 0.0636. The first kappa shape index (κ1) is 23.2. The van der Waals surface area contributed by atoms with Gasteiger partial charge in [0.15, 0.2) is 9.84 Å². The van der Waals surface area contributed by atoms with Crippen molar-refractivity contribution in [1.82, 2.24) is 0 Å². The highest BCUT2D eigenvalue weighted by atomic mass is 32.2. The minimum atomic E-state index is -4.01. The summed E-state index contributed by atoms with van der Waals surface area (Å²) in [5.74, 6) is -0.195. The molecule has 0 N–H and O–H groups in total. The maximum atomic E-state index is 12.8. The van der Waals surface area contributed by atoms with E-state index in [4.69, 9.17) is 4.18 Å². The average molecular weight is 459 g/mol. The molecule has 0 amide bonds. The van der Waals surface area contributed by atoms with E-state index in [9.17, 15) is 16.8 Å². The highest BCUT2D eigenvalue weighted by Crippen LogP contribution is 2.21. The number of hydrogen-bond donors (Lipinski definition) is 0. The second-order valence-electron chi connectivity index (χ2n) is 7.43. The van der Waals surface area contributed by atoms with E-state index in [-0.39, 0.29) is 22.0 Å². The van der Waals surface area contributed by atoms with Crippen molar-refractivity contribution in [3.63, 3.8) is 0 Å². The third-order valence-corrected chi connectivity index (χ3v) is 8.12. The van der Waals surface area contributed by atoms with Crippen molar-refractivity contribution >= 4 is 20.0 Å². The molecule has 0 aromatic heterocycles. The quantitative estimate of drug-likeness (QED) is 0.416. The Kier molecular flexibility index (Phi) is 7.64. The van der Waals surface area contributed by atoms with Crippen LogP contribution in [0, 0.1) is 6.92 Å². The normalized spacial score (nSPS) is 13.1. The number of sulfone groups is 1. The van der Waals surface area contributed by atoms with Gasteiger partial charge in [0.2, 0.25) is 0 Å². The second kappa shape index (κ2) is 10.2. The fourth-order valence-electron chi connectivity index (χ4n) is 3.18. The van der Waals surface area contributed by atoms with Crippen LogP contribution in [0.25, 0.3) is 0 Å². The smallest absolute Gasteiger partial charge is 0.263 e. The zero-order valence-electron chi connectivity index (χ0n) is 17.3. The molecule has 0 spiro atoms. The number of benzene rings is 3. The summed E-state index contributed by atoms with van der Waals surface area (Å²) >= 11 is 0. The van der Waals surface area contributed by atoms with E-state index in [1.807, 2.05) is 37.3 Å². The predicted molar refractivity (Wildman–Crippen MR) is 121 cm³/mol. The molecule has 3 rings (SSSR count). The van der Waals surface area contributed by atoms with Crippen LogP contribution in [0.2, 0.25) is 0 Å². The summed E-state index contributed by atoms with van der Waals surface area (Å²) in [6, 6.07) is 24.2. The van der Waals surface area contributed by atoms with Gasteiger partial charge in [-0.05, 0) is 56.0 Å². The molecule has 164 valence electrons. The van der Waals surface area contributed by atoms with Crippen molar-refractivity contribution in [1.29, 1.82) is 0 Å². The zero-order chi connectivity index (χ0) is 22.3. The van der Waals surface area contributed by atoms with E-state index in [0.717, 1.165) is 11.1 Å². The maximum absolute atomic E-state index is 12.8. The molecular formula is C24H26O5S2. The van der Waals surface area contributed by atoms with Crippen molar-refractivity contribution in [2.75, 3.05) is 5.75 Å².